The molecule has 2 aromatic carbocycles. The fourth-order valence-electron chi connectivity index (χ4n) is 3.28. The topological polar surface area (TPSA) is 93.0 Å². The first-order valence-corrected chi connectivity index (χ1v) is 10.2. The van der Waals surface area contributed by atoms with E-state index in [-0.39, 0.29) is 30.0 Å². The average molecular weight is 408 g/mol. The molecule has 29 heavy (non-hydrogen) atoms. The van der Waals surface area contributed by atoms with Crippen molar-refractivity contribution in [1.82, 2.24) is 20.2 Å². The van der Waals surface area contributed by atoms with Gasteiger partial charge in [0.1, 0.15) is 0 Å². The smallest absolute Gasteiger partial charge is 0.237 e. The van der Waals surface area contributed by atoms with Gasteiger partial charge in [-0.25, -0.2) is 0 Å². The number of tetrazole rings is 1. The molecule has 0 radical (unpaired) electrons. The SMILES string of the molecule is Cc1ccc(-n2nnnc2SCC(=O)N2c3ccccc3NC(=O)C[C@H]2C)cc1. The monoisotopic (exact) mass is 408 g/mol. The summed E-state index contributed by atoms with van der Waals surface area (Å²) in [6.45, 7) is 3.89. The molecule has 1 atom stereocenters. The van der Waals surface area contributed by atoms with Gasteiger partial charge in [0.2, 0.25) is 17.0 Å². The fourth-order valence-corrected chi connectivity index (χ4v) is 4.03. The van der Waals surface area contributed by atoms with Crippen LogP contribution in [0.1, 0.15) is 18.9 Å². The van der Waals surface area contributed by atoms with Crippen LogP contribution >= 0.6 is 11.8 Å². The molecule has 2 amide bonds. The number of rotatable bonds is 4. The molecule has 1 aromatic heterocycles. The number of carbonyl (C=O) groups excluding carboxylic acids is 2. The van der Waals surface area contributed by atoms with Gasteiger partial charge in [-0.2, -0.15) is 4.68 Å². The standard InChI is InChI=1S/C20H20N6O2S/c1-13-7-9-15(10-8-13)26-20(22-23-24-26)29-12-19(28)25-14(2)11-18(27)21-16-5-3-4-6-17(16)25/h3-10,14H,11-12H2,1-2H3,(H,21,27)/t14-/m1/s1. The Balaban J connectivity index is 1.54. The van der Waals surface area contributed by atoms with Gasteiger partial charge in [-0.15, -0.1) is 5.10 Å². The first-order valence-electron chi connectivity index (χ1n) is 9.22. The summed E-state index contributed by atoms with van der Waals surface area (Å²) in [5.74, 6) is -0.0554. The number of nitrogens with one attached hydrogen (secondary N) is 1. The number of fused-ring (bicyclic) bond motifs is 1. The quantitative estimate of drug-likeness (QED) is 0.668. The van der Waals surface area contributed by atoms with E-state index < -0.39 is 0 Å². The summed E-state index contributed by atoms with van der Waals surface area (Å²) in [5.41, 5.74) is 3.32. The zero-order chi connectivity index (χ0) is 20.4. The Morgan fingerprint density at radius 1 is 1.21 bits per heavy atom. The van der Waals surface area contributed by atoms with E-state index in [2.05, 4.69) is 20.8 Å². The van der Waals surface area contributed by atoms with Gasteiger partial charge in [-0.3, -0.25) is 9.59 Å². The summed E-state index contributed by atoms with van der Waals surface area (Å²) in [6, 6.07) is 14.9. The minimum atomic E-state index is -0.250. The maximum atomic E-state index is 13.1. The second-order valence-electron chi connectivity index (χ2n) is 6.88. The van der Waals surface area contributed by atoms with Crippen molar-refractivity contribution in [3.8, 4) is 5.69 Å². The van der Waals surface area contributed by atoms with E-state index in [0.29, 0.717) is 16.5 Å². The van der Waals surface area contributed by atoms with Crippen LogP contribution < -0.4 is 10.2 Å². The Hall–Kier alpha value is -3.20. The highest BCUT2D eigenvalue weighted by molar-refractivity contribution is 7.99. The first-order chi connectivity index (χ1) is 14.0. The lowest BCUT2D eigenvalue weighted by Gasteiger charge is -2.27. The van der Waals surface area contributed by atoms with Gasteiger partial charge in [-0.05, 0) is 48.5 Å². The Bertz CT molecular complexity index is 1050. The molecule has 0 aliphatic carbocycles. The number of benzene rings is 2. The third-order valence-electron chi connectivity index (χ3n) is 4.67. The van der Waals surface area contributed by atoms with Crippen molar-refractivity contribution in [2.75, 3.05) is 16.0 Å². The largest absolute Gasteiger partial charge is 0.324 e. The second-order valence-corrected chi connectivity index (χ2v) is 7.82. The van der Waals surface area contributed by atoms with Crippen molar-refractivity contribution in [3.05, 3.63) is 54.1 Å². The number of nitrogens with zero attached hydrogens (tertiary/aromatic N) is 5. The van der Waals surface area contributed by atoms with E-state index in [1.54, 1.807) is 15.6 Å². The number of para-hydroxylation sites is 2. The van der Waals surface area contributed by atoms with E-state index in [1.165, 1.54) is 11.8 Å². The molecule has 0 fully saturated rings. The number of aryl methyl sites for hydroxylation is 1. The Morgan fingerprint density at radius 3 is 2.76 bits per heavy atom. The molecule has 3 aromatic rings. The van der Waals surface area contributed by atoms with Crippen LogP contribution in [0.25, 0.3) is 5.69 Å². The van der Waals surface area contributed by atoms with Crippen molar-refractivity contribution in [2.24, 2.45) is 0 Å². The molecule has 148 valence electrons. The number of thioether (sulfide) groups is 1. The van der Waals surface area contributed by atoms with E-state index >= 15 is 0 Å². The molecule has 4 rings (SSSR count). The molecule has 0 saturated carbocycles. The number of carbonyl (C=O) groups is 2. The summed E-state index contributed by atoms with van der Waals surface area (Å²) in [4.78, 5) is 26.9. The van der Waals surface area contributed by atoms with Gasteiger partial charge in [0.05, 0.1) is 22.8 Å². The minimum absolute atomic E-state index is 0.101. The molecular weight excluding hydrogens is 388 g/mol. The normalized spacial score (nSPS) is 16.1. The van der Waals surface area contributed by atoms with Crippen LogP contribution in [0, 0.1) is 6.92 Å². The van der Waals surface area contributed by atoms with Crippen molar-refractivity contribution >= 4 is 35.0 Å². The highest BCUT2D eigenvalue weighted by Crippen LogP contribution is 2.32. The molecule has 1 N–H and O–H groups in total. The van der Waals surface area contributed by atoms with Crippen LogP contribution in [0.5, 0.6) is 0 Å². The second kappa shape index (κ2) is 8.04. The van der Waals surface area contributed by atoms with Crippen molar-refractivity contribution in [1.29, 1.82) is 0 Å². The van der Waals surface area contributed by atoms with Crippen molar-refractivity contribution in [3.63, 3.8) is 0 Å². The van der Waals surface area contributed by atoms with Crippen molar-refractivity contribution in [2.45, 2.75) is 31.5 Å². The number of hydrogen-bond acceptors (Lipinski definition) is 6. The Morgan fingerprint density at radius 2 is 1.97 bits per heavy atom. The molecule has 0 saturated heterocycles. The van der Waals surface area contributed by atoms with E-state index in [1.807, 2.05) is 56.3 Å². The van der Waals surface area contributed by atoms with Crippen LogP contribution in [-0.2, 0) is 9.59 Å². The van der Waals surface area contributed by atoms with Gasteiger partial charge in [0.15, 0.2) is 0 Å². The number of hydrogen-bond donors (Lipinski definition) is 1. The minimum Gasteiger partial charge on any atom is -0.324 e. The molecule has 2 heterocycles. The van der Waals surface area contributed by atoms with Crippen LogP contribution in [0.2, 0.25) is 0 Å². The molecule has 9 heteroatoms. The zero-order valence-electron chi connectivity index (χ0n) is 16.1. The van der Waals surface area contributed by atoms with Gasteiger partial charge in [-0.1, -0.05) is 41.6 Å². The Labute approximate surface area is 172 Å². The van der Waals surface area contributed by atoms with Crippen LogP contribution in [-0.4, -0.2) is 43.8 Å². The number of aromatic nitrogens is 4. The molecule has 0 spiro atoms. The molecule has 1 aliphatic heterocycles. The first kappa shape index (κ1) is 19.1. The van der Waals surface area contributed by atoms with Crippen LogP contribution in [0.4, 0.5) is 11.4 Å². The predicted octanol–water partition coefficient (Wildman–Crippen LogP) is 2.83. The van der Waals surface area contributed by atoms with Crippen LogP contribution in [0.15, 0.2) is 53.7 Å². The van der Waals surface area contributed by atoms with Gasteiger partial charge < -0.3 is 10.2 Å². The number of anilines is 2. The highest BCUT2D eigenvalue weighted by atomic mass is 32.2. The van der Waals surface area contributed by atoms with E-state index in [4.69, 9.17) is 0 Å². The summed E-state index contributed by atoms with van der Waals surface area (Å²) >= 11 is 1.27. The highest BCUT2D eigenvalue weighted by Gasteiger charge is 2.29. The van der Waals surface area contributed by atoms with E-state index in [9.17, 15) is 9.59 Å². The lowest BCUT2D eigenvalue weighted by Crippen LogP contribution is -2.40. The van der Waals surface area contributed by atoms with Gasteiger partial charge in [0.25, 0.3) is 0 Å². The fraction of sp³-hybridized carbons (Fsp3) is 0.250. The summed E-state index contributed by atoms with van der Waals surface area (Å²) < 4.78 is 1.61. The average Bonchev–Trinajstić information content (AvgIpc) is 3.12. The van der Waals surface area contributed by atoms with Gasteiger partial charge in [0, 0.05) is 12.5 Å². The Kier molecular flexibility index (Phi) is 5.30. The van der Waals surface area contributed by atoms with Crippen LogP contribution in [0.3, 0.4) is 0 Å². The molecule has 0 unspecified atom stereocenters. The number of amides is 2. The molecular formula is C20H20N6O2S. The van der Waals surface area contributed by atoms with Gasteiger partial charge >= 0.3 is 0 Å². The predicted molar refractivity (Wildman–Crippen MR) is 111 cm³/mol. The molecule has 8 nitrogen and oxygen atoms in total. The summed E-state index contributed by atoms with van der Waals surface area (Å²) in [7, 11) is 0. The molecule has 1 aliphatic rings. The molecule has 0 bridgehead atoms. The third-order valence-corrected chi connectivity index (χ3v) is 5.58. The third kappa shape index (κ3) is 4.00. The summed E-state index contributed by atoms with van der Waals surface area (Å²) in [5, 5.41) is 15.2. The maximum absolute atomic E-state index is 13.1. The van der Waals surface area contributed by atoms with Crippen molar-refractivity contribution < 1.29 is 9.59 Å². The van der Waals surface area contributed by atoms with E-state index in [0.717, 1.165) is 11.3 Å². The maximum Gasteiger partial charge on any atom is 0.237 e. The summed E-state index contributed by atoms with van der Waals surface area (Å²) in [6.07, 6.45) is 0.242. The lowest BCUT2D eigenvalue weighted by atomic mass is 10.2. The lowest BCUT2D eigenvalue weighted by molar-refractivity contribution is -0.117. The zero-order valence-corrected chi connectivity index (χ0v) is 16.9.